The van der Waals surface area contributed by atoms with E-state index < -0.39 is 0 Å². The number of ether oxygens (including phenoxy) is 1. The molecule has 0 saturated carbocycles. The Labute approximate surface area is 140 Å². The first-order chi connectivity index (χ1) is 10.9. The monoisotopic (exact) mass is 331 g/mol. The van der Waals surface area contributed by atoms with Crippen LogP contribution in [0, 0.1) is 0 Å². The van der Waals surface area contributed by atoms with E-state index in [4.69, 9.17) is 16.3 Å². The molecular formula is C17H18ClN3O2. The lowest BCUT2D eigenvalue weighted by Gasteiger charge is -2.20. The summed E-state index contributed by atoms with van der Waals surface area (Å²) in [5.41, 5.74) is 2.06. The Morgan fingerprint density at radius 2 is 2.09 bits per heavy atom. The highest BCUT2D eigenvalue weighted by molar-refractivity contribution is 6.29. The summed E-state index contributed by atoms with van der Waals surface area (Å²) in [6.07, 6.45) is 0.0847. The van der Waals surface area contributed by atoms with E-state index in [1.807, 2.05) is 18.2 Å². The second kappa shape index (κ2) is 5.81. The zero-order chi connectivity index (χ0) is 16.6. The molecule has 0 aliphatic carbocycles. The van der Waals surface area contributed by atoms with Gasteiger partial charge in [0.15, 0.2) is 0 Å². The van der Waals surface area contributed by atoms with Crippen molar-refractivity contribution in [3.8, 4) is 5.88 Å². The van der Waals surface area contributed by atoms with Crippen LogP contribution in [0.4, 0.5) is 5.69 Å². The minimum atomic E-state index is -0.0703. The summed E-state index contributed by atoms with van der Waals surface area (Å²) in [6, 6.07) is 9.51. The van der Waals surface area contributed by atoms with Crippen molar-refractivity contribution >= 4 is 23.2 Å². The number of nitrogens with zero attached hydrogens (tertiary/aromatic N) is 3. The second-order valence-electron chi connectivity index (χ2n) is 6.21. The molecule has 1 amide bonds. The molecular weight excluding hydrogens is 314 g/mol. The minimum Gasteiger partial charge on any atom is -0.481 e. The highest BCUT2D eigenvalue weighted by Crippen LogP contribution is 2.40. The third kappa shape index (κ3) is 3.01. The van der Waals surface area contributed by atoms with E-state index in [-0.39, 0.29) is 22.9 Å². The summed E-state index contributed by atoms with van der Waals surface area (Å²) in [5.74, 6) is 0.670. The fourth-order valence-corrected chi connectivity index (χ4v) is 3.12. The van der Waals surface area contributed by atoms with E-state index in [2.05, 4.69) is 29.9 Å². The minimum absolute atomic E-state index is 0.0488. The van der Waals surface area contributed by atoms with Crippen molar-refractivity contribution in [2.45, 2.75) is 25.7 Å². The lowest BCUT2D eigenvalue weighted by molar-refractivity contribution is -0.118. The molecule has 0 saturated heterocycles. The highest BCUT2D eigenvalue weighted by atomic mass is 35.5. The van der Waals surface area contributed by atoms with Gasteiger partial charge in [-0.2, -0.15) is 4.98 Å². The molecule has 0 atom stereocenters. The Kier molecular flexibility index (Phi) is 3.98. The average Bonchev–Trinajstić information content (AvgIpc) is 2.79. The summed E-state index contributed by atoms with van der Waals surface area (Å²) >= 11 is 5.94. The molecule has 6 heteroatoms. The molecule has 0 unspecified atom stereocenters. The first-order valence-corrected chi connectivity index (χ1v) is 7.76. The van der Waals surface area contributed by atoms with Gasteiger partial charge in [-0.25, -0.2) is 4.98 Å². The van der Waals surface area contributed by atoms with Crippen LogP contribution >= 0.6 is 11.6 Å². The van der Waals surface area contributed by atoms with Gasteiger partial charge >= 0.3 is 0 Å². The van der Waals surface area contributed by atoms with Crippen LogP contribution < -0.4 is 9.64 Å². The topological polar surface area (TPSA) is 55.3 Å². The van der Waals surface area contributed by atoms with Crippen molar-refractivity contribution < 1.29 is 9.53 Å². The van der Waals surface area contributed by atoms with Gasteiger partial charge in [-0.15, -0.1) is 0 Å². The van der Waals surface area contributed by atoms with Crippen molar-refractivity contribution in [3.63, 3.8) is 0 Å². The van der Waals surface area contributed by atoms with Crippen LogP contribution in [-0.2, 0) is 16.6 Å². The summed E-state index contributed by atoms with van der Waals surface area (Å²) < 4.78 is 5.07. The van der Waals surface area contributed by atoms with Crippen molar-refractivity contribution in [1.82, 2.24) is 9.97 Å². The van der Waals surface area contributed by atoms with E-state index in [9.17, 15) is 4.79 Å². The van der Waals surface area contributed by atoms with E-state index >= 15 is 0 Å². The number of anilines is 1. The van der Waals surface area contributed by atoms with Crippen LogP contribution in [0.1, 0.15) is 25.2 Å². The number of hydrogen-bond acceptors (Lipinski definition) is 4. The number of carbonyl (C=O) groups is 1. The molecule has 5 nitrogen and oxygen atoms in total. The average molecular weight is 332 g/mol. The molecule has 0 radical (unpaired) electrons. The highest BCUT2D eigenvalue weighted by Gasteiger charge is 2.37. The Morgan fingerprint density at radius 1 is 1.35 bits per heavy atom. The number of benzene rings is 1. The number of amides is 1. The van der Waals surface area contributed by atoms with Gasteiger partial charge in [0.1, 0.15) is 11.0 Å². The van der Waals surface area contributed by atoms with Gasteiger partial charge in [0.05, 0.1) is 13.5 Å². The first-order valence-electron chi connectivity index (χ1n) is 7.38. The van der Waals surface area contributed by atoms with Crippen LogP contribution in [0.5, 0.6) is 5.88 Å². The quantitative estimate of drug-likeness (QED) is 0.811. The molecule has 0 spiro atoms. The van der Waals surface area contributed by atoms with Gasteiger partial charge in [-0.05, 0) is 11.6 Å². The third-order valence-corrected chi connectivity index (χ3v) is 4.21. The summed E-state index contributed by atoms with van der Waals surface area (Å²) in [7, 11) is 1.50. The Hall–Kier alpha value is -2.14. The molecule has 0 bridgehead atoms. The van der Waals surface area contributed by atoms with E-state index in [0.29, 0.717) is 18.2 Å². The molecule has 2 aromatic rings. The number of methoxy groups -OCH3 is 1. The fraction of sp³-hybridized carbons (Fsp3) is 0.353. The maximum absolute atomic E-state index is 12.7. The zero-order valence-corrected chi connectivity index (χ0v) is 14.1. The zero-order valence-electron chi connectivity index (χ0n) is 13.3. The van der Waals surface area contributed by atoms with Gasteiger partial charge in [0, 0.05) is 23.7 Å². The van der Waals surface area contributed by atoms with E-state index in [1.54, 1.807) is 4.90 Å². The molecule has 1 aromatic carbocycles. The maximum atomic E-state index is 12.7. The molecule has 1 aliphatic rings. The van der Waals surface area contributed by atoms with Gasteiger partial charge < -0.3 is 9.64 Å². The van der Waals surface area contributed by atoms with Gasteiger partial charge in [0.2, 0.25) is 11.8 Å². The van der Waals surface area contributed by atoms with Gasteiger partial charge in [-0.1, -0.05) is 43.6 Å². The van der Waals surface area contributed by atoms with Crippen LogP contribution in [0.2, 0.25) is 5.15 Å². The van der Waals surface area contributed by atoms with E-state index in [0.717, 1.165) is 5.69 Å². The number of hydrogen-bond donors (Lipinski definition) is 0. The largest absolute Gasteiger partial charge is 0.481 e. The van der Waals surface area contributed by atoms with Crippen molar-refractivity contribution in [3.05, 3.63) is 46.9 Å². The Bertz CT molecular complexity index is 761. The Morgan fingerprint density at radius 3 is 2.83 bits per heavy atom. The maximum Gasteiger partial charge on any atom is 0.234 e. The lowest BCUT2D eigenvalue weighted by Crippen LogP contribution is -2.35. The predicted octanol–water partition coefficient (Wildman–Crippen LogP) is 3.01. The molecule has 1 aromatic heterocycles. The molecule has 2 heterocycles. The number of fused-ring (bicyclic) bond motifs is 1. The van der Waals surface area contributed by atoms with Crippen LogP contribution in [-0.4, -0.2) is 29.5 Å². The number of aromatic nitrogens is 2. The van der Waals surface area contributed by atoms with Crippen molar-refractivity contribution in [2.24, 2.45) is 0 Å². The number of para-hydroxylation sites is 1. The standard InChI is InChI=1S/C17H18ClN3O2/c1-17(2)10-21(12-7-5-4-6-11(12)17)16(22)9-14-19-13(18)8-15(20-14)23-3/h4-8H,9-10H2,1-3H3. The first kappa shape index (κ1) is 15.7. The molecule has 3 rings (SSSR count). The van der Waals surface area contributed by atoms with Crippen LogP contribution in [0.25, 0.3) is 0 Å². The van der Waals surface area contributed by atoms with E-state index in [1.165, 1.54) is 18.7 Å². The van der Waals surface area contributed by atoms with Crippen molar-refractivity contribution in [2.75, 3.05) is 18.6 Å². The molecule has 0 N–H and O–H groups in total. The van der Waals surface area contributed by atoms with Gasteiger partial charge in [0.25, 0.3) is 0 Å². The normalized spacial score (nSPS) is 15.4. The smallest absolute Gasteiger partial charge is 0.234 e. The SMILES string of the molecule is COc1cc(Cl)nc(CC(=O)N2CC(C)(C)c3ccccc32)n1. The van der Waals surface area contributed by atoms with Crippen LogP contribution in [0.15, 0.2) is 30.3 Å². The van der Waals surface area contributed by atoms with Crippen LogP contribution in [0.3, 0.4) is 0 Å². The summed E-state index contributed by atoms with van der Waals surface area (Å²) in [6.45, 7) is 4.92. The number of carbonyl (C=O) groups excluding carboxylic acids is 1. The molecule has 1 aliphatic heterocycles. The lowest BCUT2D eigenvalue weighted by atomic mass is 9.87. The molecule has 120 valence electrons. The second-order valence-corrected chi connectivity index (χ2v) is 6.59. The number of halogens is 1. The van der Waals surface area contributed by atoms with Gasteiger partial charge in [-0.3, -0.25) is 4.79 Å². The fourth-order valence-electron chi connectivity index (χ4n) is 2.93. The summed E-state index contributed by atoms with van der Waals surface area (Å²) in [5, 5.41) is 0.266. The predicted molar refractivity (Wildman–Crippen MR) is 89.1 cm³/mol. The van der Waals surface area contributed by atoms with Crippen molar-refractivity contribution in [1.29, 1.82) is 0 Å². The molecule has 23 heavy (non-hydrogen) atoms. The third-order valence-electron chi connectivity index (χ3n) is 4.01. The summed E-state index contributed by atoms with van der Waals surface area (Å²) in [4.78, 5) is 22.8. The Balaban J connectivity index is 1.87. The number of rotatable bonds is 3. The molecule has 0 fully saturated rings.